The third kappa shape index (κ3) is 510. The van der Waals surface area contributed by atoms with Crippen LogP contribution in [0.5, 0.6) is 0 Å². The van der Waals surface area contributed by atoms with Gasteiger partial charge in [-0.05, 0) is 20.8 Å². The Bertz CT molecular complexity index is 149. The summed E-state index contributed by atoms with van der Waals surface area (Å²) < 4.78 is 6.62. The Morgan fingerprint density at radius 3 is 0.786 bits per heavy atom. The second kappa shape index (κ2) is 22.6. The molecule has 0 aliphatic heterocycles. The van der Waals surface area contributed by atoms with E-state index >= 15 is 0 Å². The molecular formula is C6H9NNiO6. The van der Waals surface area contributed by atoms with Crippen LogP contribution in [0.3, 0.4) is 0 Å². The number of rotatable bonds is 0. The number of hydrogen-bond acceptors (Lipinski definition) is 7. The first kappa shape index (κ1) is 22.9. The van der Waals surface area contributed by atoms with E-state index in [4.69, 9.17) is 34.0 Å². The van der Waals surface area contributed by atoms with Gasteiger partial charge in [0, 0.05) is 17.9 Å². The zero-order chi connectivity index (χ0) is 12.7. The number of carboxylic acid groups (broad SMARTS) is 3. The number of carbonyl (C=O) groups is 3. The third-order valence-corrected chi connectivity index (χ3v) is 0. The first-order valence-corrected chi connectivity index (χ1v) is 3.31. The molecule has 0 aliphatic carbocycles. The Kier molecular flexibility index (Phi) is 37.0. The first-order chi connectivity index (χ1) is 6.20. The van der Waals surface area contributed by atoms with E-state index < -0.39 is 17.9 Å². The average Bonchev–Trinajstić information content (AvgIpc) is 1.86. The molecule has 0 aromatic carbocycles. The van der Waals surface area contributed by atoms with Gasteiger partial charge < -0.3 is 29.7 Å². The molecule has 0 spiro atoms. The number of carboxylic acids is 3. The van der Waals surface area contributed by atoms with Gasteiger partial charge in [0.15, 0.2) is 0 Å². The zero-order valence-electron chi connectivity index (χ0n) is 7.71. The molecule has 0 N–H and O–H groups in total. The van der Waals surface area contributed by atoms with Crippen molar-refractivity contribution >= 4 is 17.9 Å². The fraction of sp³-hybridized carbons (Fsp3) is 0.500. The van der Waals surface area contributed by atoms with Crippen LogP contribution in [-0.4, -0.2) is 17.9 Å². The summed E-state index contributed by atoms with van der Waals surface area (Å²) in [6.45, 7) is 2.92. The minimum atomic E-state index is -1.08. The van der Waals surface area contributed by atoms with Crippen molar-refractivity contribution in [1.29, 1.82) is 4.27 Å². The first-order valence-electron chi connectivity index (χ1n) is 2.87. The van der Waals surface area contributed by atoms with Gasteiger partial charge in [-0.25, -0.2) is 0 Å². The molecule has 0 aromatic rings. The van der Waals surface area contributed by atoms with Gasteiger partial charge in [-0.2, -0.15) is 0 Å². The van der Waals surface area contributed by atoms with Gasteiger partial charge in [0.25, 0.3) is 0 Å². The van der Waals surface area contributed by atoms with Crippen LogP contribution in [0, 0.1) is 4.27 Å². The Balaban J connectivity index is -0.0000000492. The molecule has 14 heavy (non-hydrogen) atoms. The molecule has 0 rings (SSSR count). The number of nitrogens with zero attached hydrogens (tertiary/aromatic N) is 1. The molecule has 0 heterocycles. The van der Waals surface area contributed by atoms with Crippen LogP contribution < -0.4 is 15.3 Å². The van der Waals surface area contributed by atoms with Crippen molar-refractivity contribution in [2.45, 2.75) is 20.8 Å². The molecule has 0 amide bonds. The van der Waals surface area contributed by atoms with Crippen molar-refractivity contribution in [2.24, 2.45) is 0 Å². The van der Waals surface area contributed by atoms with Crippen molar-refractivity contribution < 1.29 is 44.8 Å². The Morgan fingerprint density at radius 2 is 0.786 bits per heavy atom. The summed E-state index contributed by atoms with van der Waals surface area (Å²) in [5.74, 6) is -3.25. The van der Waals surface area contributed by atoms with Gasteiger partial charge in [-0.15, -0.1) is 0 Å². The molecule has 0 saturated carbocycles. The fourth-order valence-corrected chi connectivity index (χ4v) is 0. The van der Waals surface area contributed by atoms with Crippen LogP contribution >= 0.6 is 0 Å². The molecule has 0 aliphatic rings. The standard InChI is InChI=1S/3C2H4O2.N.Ni/c3*1-2(3)4;;/h3*1H3,(H,3,4);;/q;;;;+3/p-3. The quantitative estimate of drug-likeness (QED) is 0.402. The summed E-state index contributed by atoms with van der Waals surface area (Å²) in [5.41, 5.74) is 0. The maximum atomic E-state index is 8.89. The number of hydrogen-bond donors (Lipinski definition) is 0. The normalized spacial score (nSPS) is 5.57. The molecule has 0 fully saturated rings. The predicted octanol–water partition coefficient (Wildman–Crippen LogP) is -3.72. The van der Waals surface area contributed by atoms with E-state index in [1.54, 1.807) is 0 Å². The SMILES string of the molecule is CC(=O)[O-].CC(=O)[O-].CC(=O)[O-].[N]#[Ni+3]. The predicted molar refractivity (Wildman–Crippen MR) is 33.8 cm³/mol. The van der Waals surface area contributed by atoms with Crippen LogP contribution in [0.2, 0.25) is 0 Å². The molecule has 0 radical (unpaired) electrons. The molecular weight excluding hydrogens is 241 g/mol. The van der Waals surface area contributed by atoms with Crippen LogP contribution in [0.1, 0.15) is 20.8 Å². The van der Waals surface area contributed by atoms with Crippen molar-refractivity contribution in [3.63, 3.8) is 0 Å². The molecule has 84 valence electrons. The van der Waals surface area contributed by atoms with E-state index in [9.17, 15) is 0 Å². The molecule has 0 bridgehead atoms. The van der Waals surface area contributed by atoms with Gasteiger partial charge in [0.1, 0.15) is 0 Å². The third-order valence-electron chi connectivity index (χ3n) is 0. The van der Waals surface area contributed by atoms with Gasteiger partial charge in [0.2, 0.25) is 0 Å². The van der Waals surface area contributed by atoms with Gasteiger partial charge in [0.05, 0.1) is 0 Å². The van der Waals surface area contributed by atoms with E-state index in [0.29, 0.717) is 0 Å². The van der Waals surface area contributed by atoms with Crippen molar-refractivity contribution in [1.82, 2.24) is 0 Å². The summed E-state index contributed by atoms with van der Waals surface area (Å²) in [6, 6.07) is 0. The summed E-state index contributed by atoms with van der Waals surface area (Å²) in [4.78, 5) is 26.7. The minimum absolute atomic E-state index is 0.972. The van der Waals surface area contributed by atoms with E-state index in [2.05, 4.69) is 15.1 Å². The van der Waals surface area contributed by atoms with E-state index in [1.165, 1.54) is 0 Å². The van der Waals surface area contributed by atoms with Gasteiger partial charge in [-0.3, -0.25) is 0 Å². The summed E-state index contributed by atoms with van der Waals surface area (Å²) in [7, 11) is 0. The van der Waals surface area contributed by atoms with E-state index in [0.717, 1.165) is 20.8 Å². The van der Waals surface area contributed by atoms with E-state index in [1.807, 2.05) is 0 Å². The maximum absolute atomic E-state index is 8.89. The molecule has 7 nitrogen and oxygen atoms in total. The Morgan fingerprint density at radius 1 is 0.786 bits per heavy atom. The van der Waals surface area contributed by atoms with Crippen molar-refractivity contribution in [2.75, 3.05) is 0 Å². The van der Waals surface area contributed by atoms with Crippen LogP contribution in [0.15, 0.2) is 0 Å². The topological polar surface area (TPSA) is 144 Å². The van der Waals surface area contributed by atoms with Crippen LogP contribution in [-0.2, 0) is 29.5 Å². The number of aliphatic carboxylic acids is 3. The zero-order valence-corrected chi connectivity index (χ0v) is 8.70. The number of carbonyl (C=O) groups excluding carboxylic acids is 3. The van der Waals surface area contributed by atoms with Gasteiger partial charge in [-0.1, -0.05) is 0 Å². The summed E-state index contributed by atoms with van der Waals surface area (Å²) in [5, 5.41) is 26.7. The fourth-order valence-electron chi connectivity index (χ4n) is 0. The molecule has 0 saturated heterocycles. The average molecular weight is 250 g/mol. The second-order valence-corrected chi connectivity index (χ2v) is 1.47. The Hall–Kier alpha value is -1.39. The van der Waals surface area contributed by atoms with Crippen molar-refractivity contribution in [3.8, 4) is 0 Å². The van der Waals surface area contributed by atoms with Crippen LogP contribution in [0.4, 0.5) is 0 Å². The molecule has 0 atom stereocenters. The Labute approximate surface area is 88.3 Å². The second-order valence-electron chi connectivity index (χ2n) is 1.47. The van der Waals surface area contributed by atoms with Gasteiger partial charge >= 0.3 is 19.4 Å². The molecule has 0 aromatic heterocycles. The van der Waals surface area contributed by atoms with Crippen molar-refractivity contribution in [3.05, 3.63) is 0 Å². The molecule has 8 heteroatoms. The monoisotopic (exact) mass is 249 g/mol. The summed E-state index contributed by atoms with van der Waals surface area (Å²) >= 11 is 2.88. The molecule has 0 unspecified atom stereocenters. The van der Waals surface area contributed by atoms with E-state index in [-0.39, 0.29) is 0 Å². The summed E-state index contributed by atoms with van der Waals surface area (Å²) in [6.07, 6.45) is 0. The van der Waals surface area contributed by atoms with Crippen LogP contribution in [0.25, 0.3) is 0 Å².